The highest BCUT2D eigenvalue weighted by atomic mass is 35.5. The van der Waals surface area contributed by atoms with E-state index < -0.39 is 0 Å². The van der Waals surface area contributed by atoms with E-state index >= 15 is 0 Å². The quantitative estimate of drug-likeness (QED) is 0.871. The summed E-state index contributed by atoms with van der Waals surface area (Å²) < 4.78 is 5.55. The van der Waals surface area contributed by atoms with Gasteiger partial charge in [-0.25, -0.2) is 0 Å². The molecule has 20 heavy (non-hydrogen) atoms. The Morgan fingerprint density at radius 1 is 1.35 bits per heavy atom. The van der Waals surface area contributed by atoms with Crippen LogP contribution in [0.1, 0.15) is 32.0 Å². The van der Waals surface area contributed by atoms with E-state index in [9.17, 15) is 0 Å². The molecule has 0 saturated carbocycles. The summed E-state index contributed by atoms with van der Waals surface area (Å²) in [6.07, 6.45) is 6.05. The number of anilines is 1. The second kappa shape index (κ2) is 7.10. The monoisotopic (exact) mass is 291 g/mol. The van der Waals surface area contributed by atoms with Gasteiger partial charge in [0, 0.05) is 18.1 Å². The van der Waals surface area contributed by atoms with Crippen LogP contribution in [0.5, 0.6) is 5.75 Å². The van der Waals surface area contributed by atoms with Gasteiger partial charge < -0.3 is 10.1 Å². The second-order valence-corrected chi connectivity index (χ2v) is 4.90. The van der Waals surface area contributed by atoms with E-state index in [-0.39, 0.29) is 6.04 Å². The molecule has 0 aliphatic heterocycles. The van der Waals surface area contributed by atoms with Crippen LogP contribution in [0.4, 0.5) is 5.69 Å². The molecule has 4 nitrogen and oxygen atoms in total. The maximum atomic E-state index is 6.20. The fourth-order valence-electron chi connectivity index (χ4n) is 1.78. The van der Waals surface area contributed by atoms with Gasteiger partial charge in [0.05, 0.1) is 29.6 Å². The first-order valence-corrected chi connectivity index (χ1v) is 7.03. The Hall–Kier alpha value is -1.81. The van der Waals surface area contributed by atoms with Crippen molar-refractivity contribution in [3.05, 3.63) is 47.5 Å². The molecule has 1 aromatic carbocycles. The predicted octanol–water partition coefficient (Wildman–Crippen LogP) is 4.09. The van der Waals surface area contributed by atoms with Crippen LogP contribution in [0.15, 0.2) is 36.8 Å². The highest BCUT2D eigenvalue weighted by Crippen LogP contribution is 2.29. The van der Waals surface area contributed by atoms with E-state index in [1.807, 2.05) is 25.1 Å². The smallest absolute Gasteiger partial charge is 0.138 e. The molecule has 1 unspecified atom stereocenters. The van der Waals surface area contributed by atoms with Gasteiger partial charge in [0.2, 0.25) is 0 Å². The molecular formula is C15H18ClN3O. The molecule has 0 spiro atoms. The lowest BCUT2D eigenvalue weighted by Crippen LogP contribution is -2.08. The maximum Gasteiger partial charge on any atom is 0.138 e. The summed E-state index contributed by atoms with van der Waals surface area (Å²) in [6, 6.07) is 5.74. The predicted molar refractivity (Wildman–Crippen MR) is 81.3 cm³/mol. The molecule has 0 aliphatic carbocycles. The number of ether oxygens (including phenoxy) is 1. The zero-order valence-electron chi connectivity index (χ0n) is 11.6. The van der Waals surface area contributed by atoms with Gasteiger partial charge in [-0.3, -0.25) is 9.97 Å². The molecule has 0 radical (unpaired) electrons. The van der Waals surface area contributed by atoms with Crippen LogP contribution in [0.25, 0.3) is 0 Å². The number of halogens is 1. The number of rotatable bonds is 6. The number of hydrogen-bond donors (Lipinski definition) is 1. The zero-order valence-corrected chi connectivity index (χ0v) is 12.4. The lowest BCUT2D eigenvalue weighted by atomic mass is 10.2. The lowest BCUT2D eigenvalue weighted by Gasteiger charge is -2.15. The summed E-state index contributed by atoms with van der Waals surface area (Å²) in [4.78, 5) is 8.34. The number of hydrogen-bond acceptors (Lipinski definition) is 4. The molecule has 1 atom stereocenters. The van der Waals surface area contributed by atoms with E-state index in [1.54, 1.807) is 18.6 Å². The van der Waals surface area contributed by atoms with E-state index in [2.05, 4.69) is 22.2 Å². The van der Waals surface area contributed by atoms with Gasteiger partial charge in [0.15, 0.2) is 0 Å². The van der Waals surface area contributed by atoms with Crippen LogP contribution < -0.4 is 10.1 Å². The molecule has 0 saturated heterocycles. The maximum absolute atomic E-state index is 6.20. The van der Waals surface area contributed by atoms with Gasteiger partial charge in [0.25, 0.3) is 0 Å². The molecule has 0 fully saturated rings. The normalized spacial score (nSPS) is 11.9. The minimum atomic E-state index is 0.0576. The fraction of sp³-hybridized carbons (Fsp3) is 0.333. The summed E-state index contributed by atoms with van der Waals surface area (Å²) in [5.41, 5.74) is 1.81. The van der Waals surface area contributed by atoms with E-state index in [4.69, 9.17) is 16.3 Å². The third-order valence-corrected chi connectivity index (χ3v) is 3.10. The molecule has 0 aliphatic rings. The highest BCUT2D eigenvalue weighted by molar-refractivity contribution is 6.32. The van der Waals surface area contributed by atoms with Gasteiger partial charge >= 0.3 is 0 Å². The molecular weight excluding hydrogens is 274 g/mol. The van der Waals surface area contributed by atoms with Crippen molar-refractivity contribution < 1.29 is 4.74 Å². The van der Waals surface area contributed by atoms with Crippen molar-refractivity contribution in [2.75, 3.05) is 11.9 Å². The molecule has 0 bridgehead atoms. The Kier molecular flexibility index (Phi) is 5.18. The number of nitrogens with zero attached hydrogens (tertiary/aromatic N) is 2. The van der Waals surface area contributed by atoms with Crippen molar-refractivity contribution in [2.45, 2.75) is 26.3 Å². The first kappa shape index (κ1) is 14.6. The molecule has 5 heteroatoms. The SMILES string of the molecule is CCCOc1ccc(NC(C)c2cnccn2)cc1Cl. The highest BCUT2D eigenvalue weighted by Gasteiger charge is 2.08. The van der Waals surface area contributed by atoms with Crippen molar-refractivity contribution in [3.8, 4) is 5.75 Å². The van der Waals surface area contributed by atoms with Crippen molar-refractivity contribution in [3.63, 3.8) is 0 Å². The summed E-state index contributed by atoms with van der Waals surface area (Å²) in [5, 5.41) is 3.95. The Balaban J connectivity index is 2.05. The molecule has 1 N–H and O–H groups in total. The number of nitrogens with one attached hydrogen (secondary N) is 1. The van der Waals surface area contributed by atoms with Crippen LogP contribution in [-0.2, 0) is 0 Å². The largest absolute Gasteiger partial charge is 0.492 e. The van der Waals surface area contributed by atoms with Crippen molar-refractivity contribution in [1.82, 2.24) is 9.97 Å². The summed E-state index contributed by atoms with van der Waals surface area (Å²) >= 11 is 6.20. The summed E-state index contributed by atoms with van der Waals surface area (Å²) in [5.74, 6) is 0.714. The summed E-state index contributed by atoms with van der Waals surface area (Å²) in [7, 11) is 0. The molecule has 2 rings (SSSR count). The van der Waals surface area contributed by atoms with E-state index in [1.165, 1.54) is 0 Å². The van der Waals surface area contributed by atoms with E-state index in [0.717, 1.165) is 17.8 Å². The molecule has 1 heterocycles. The van der Waals surface area contributed by atoms with Crippen molar-refractivity contribution >= 4 is 17.3 Å². The van der Waals surface area contributed by atoms with Gasteiger partial charge in [-0.1, -0.05) is 18.5 Å². The molecule has 106 valence electrons. The number of benzene rings is 1. The van der Waals surface area contributed by atoms with Crippen LogP contribution in [0, 0.1) is 0 Å². The third kappa shape index (κ3) is 3.84. The first-order chi connectivity index (χ1) is 9.70. The van der Waals surface area contributed by atoms with Gasteiger partial charge in [-0.15, -0.1) is 0 Å². The standard InChI is InChI=1S/C15H18ClN3O/c1-3-8-20-15-5-4-12(9-13(15)16)19-11(2)14-10-17-6-7-18-14/h4-7,9-11,19H,3,8H2,1-2H3. The molecule has 1 aromatic heterocycles. The van der Waals surface area contributed by atoms with Gasteiger partial charge in [0.1, 0.15) is 5.75 Å². The van der Waals surface area contributed by atoms with E-state index in [0.29, 0.717) is 17.4 Å². The van der Waals surface area contributed by atoms with Crippen LogP contribution in [-0.4, -0.2) is 16.6 Å². The third-order valence-electron chi connectivity index (χ3n) is 2.80. The first-order valence-electron chi connectivity index (χ1n) is 6.65. The number of aromatic nitrogens is 2. The van der Waals surface area contributed by atoms with Crippen molar-refractivity contribution in [1.29, 1.82) is 0 Å². The average molecular weight is 292 g/mol. The molecule has 0 amide bonds. The van der Waals surface area contributed by atoms with Crippen molar-refractivity contribution in [2.24, 2.45) is 0 Å². The fourth-order valence-corrected chi connectivity index (χ4v) is 2.01. The molecule has 2 aromatic rings. The Morgan fingerprint density at radius 2 is 2.20 bits per heavy atom. The van der Waals surface area contributed by atoms with Crippen LogP contribution in [0.3, 0.4) is 0 Å². The zero-order chi connectivity index (χ0) is 14.4. The Labute approximate surface area is 124 Å². The Morgan fingerprint density at radius 3 is 2.85 bits per heavy atom. The Bertz CT molecular complexity index is 548. The average Bonchev–Trinajstić information content (AvgIpc) is 2.47. The van der Waals surface area contributed by atoms with Gasteiger partial charge in [-0.05, 0) is 31.5 Å². The minimum absolute atomic E-state index is 0.0576. The summed E-state index contributed by atoms with van der Waals surface area (Å²) in [6.45, 7) is 4.76. The lowest BCUT2D eigenvalue weighted by molar-refractivity contribution is 0.317. The van der Waals surface area contributed by atoms with Gasteiger partial charge in [-0.2, -0.15) is 0 Å². The topological polar surface area (TPSA) is 47.0 Å². The second-order valence-electron chi connectivity index (χ2n) is 4.49. The van der Waals surface area contributed by atoms with Crippen LogP contribution in [0.2, 0.25) is 5.02 Å². The minimum Gasteiger partial charge on any atom is -0.492 e. The van der Waals surface area contributed by atoms with Crippen LogP contribution >= 0.6 is 11.6 Å².